The smallest absolute Gasteiger partial charge is 0.0992 e. The lowest BCUT2D eigenvalue weighted by Crippen LogP contribution is -1.99. The SMILES string of the molecule is Cc1c(-c2ccc3c(c2N)CCC3)ccn2cncc12. The van der Waals surface area contributed by atoms with Gasteiger partial charge in [0, 0.05) is 17.4 Å². The molecule has 4 rings (SSSR count). The molecule has 0 saturated carbocycles. The van der Waals surface area contributed by atoms with Gasteiger partial charge in [-0.25, -0.2) is 4.98 Å². The number of nitrogens with zero attached hydrogens (tertiary/aromatic N) is 2. The molecule has 0 aliphatic heterocycles. The normalized spacial score (nSPS) is 13.8. The van der Waals surface area contributed by atoms with E-state index in [-0.39, 0.29) is 0 Å². The third-order valence-electron chi connectivity index (χ3n) is 4.47. The Kier molecular flexibility index (Phi) is 2.36. The fourth-order valence-electron chi connectivity index (χ4n) is 3.35. The molecule has 0 radical (unpaired) electrons. The Morgan fingerprint density at radius 3 is 2.95 bits per heavy atom. The van der Waals surface area contributed by atoms with Gasteiger partial charge in [0.15, 0.2) is 0 Å². The number of benzene rings is 1. The highest BCUT2D eigenvalue weighted by Crippen LogP contribution is 2.37. The number of nitrogens with two attached hydrogens (primary N) is 1. The summed E-state index contributed by atoms with van der Waals surface area (Å²) in [7, 11) is 0. The molecule has 0 unspecified atom stereocenters. The molecule has 2 heterocycles. The molecular weight excluding hydrogens is 246 g/mol. The molecule has 1 aliphatic rings. The van der Waals surface area contributed by atoms with Crippen LogP contribution in [0.2, 0.25) is 0 Å². The van der Waals surface area contributed by atoms with Crippen LogP contribution >= 0.6 is 0 Å². The van der Waals surface area contributed by atoms with E-state index < -0.39 is 0 Å². The number of anilines is 1. The average Bonchev–Trinajstić information content (AvgIpc) is 3.09. The highest BCUT2D eigenvalue weighted by atomic mass is 15.0. The largest absolute Gasteiger partial charge is 0.398 e. The van der Waals surface area contributed by atoms with Crippen LogP contribution in [0.4, 0.5) is 5.69 Å². The van der Waals surface area contributed by atoms with Gasteiger partial charge in [0.25, 0.3) is 0 Å². The molecule has 100 valence electrons. The first-order valence-corrected chi connectivity index (χ1v) is 7.07. The van der Waals surface area contributed by atoms with E-state index >= 15 is 0 Å². The van der Waals surface area contributed by atoms with Crippen molar-refractivity contribution in [3.05, 3.63) is 53.6 Å². The topological polar surface area (TPSA) is 43.3 Å². The number of rotatable bonds is 1. The van der Waals surface area contributed by atoms with Gasteiger partial charge >= 0.3 is 0 Å². The molecular formula is C17H17N3. The molecule has 20 heavy (non-hydrogen) atoms. The van der Waals surface area contributed by atoms with E-state index in [0.29, 0.717) is 0 Å². The van der Waals surface area contributed by atoms with Crippen LogP contribution in [-0.2, 0) is 12.8 Å². The summed E-state index contributed by atoms with van der Waals surface area (Å²) in [6.07, 6.45) is 9.30. The molecule has 0 atom stereocenters. The highest BCUT2D eigenvalue weighted by Gasteiger charge is 2.18. The first-order chi connectivity index (χ1) is 9.75. The van der Waals surface area contributed by atoms with Crippen LogP contribution in [0.25, 0.3) is 16.6 Å². The summed E-state index contributed by atoms with van der Waals surface area (Å²) >= 11 is 0. The van der Waals surface area contributed by atoms with Gasteiger partial charge in [0.1, 0.15) is 0 Å². The van der Waals surface area contributed by atoms with E-state index in [2.05, 4.69) is 36.3 Å². The zero-order valence-electron chi connectivity index (χ0n) is 11.6. The number of aryl methyl sites for hydroxylation is 2. The van der Waals surface area contributed by atoms with E-state index in [1.807, 2.05) is 16.9 Å². The van der Waals surface area contributed by atoms with Crippen LogP contribution in [0, 0.1) is 6.92 Å². The second-order valence-electron chi connectivity index (χ2n) is 5.56. The van der Waals surface area contributed by atoms with Crippen molar-refractivity contribution in [2.45, 2.75) is 26.2 Å². The minimum Gasteiger partial charge on any atom is -0.398 e. The van der Waals surface area contributed by atoms with Gasteiger partial charge in [-0.2, -0.15) is 0 Å². The molecule has 0 saturated heterocycles. The molecule has 0 amide bonds. The summed E-state index contributed by atoms with van der Waals surface area (Å²) in [6.45, 7) is 2.14. The van der Waals surface area contributed by atoms with Crippen molar-refractivity contribution in [1.29, 1.82) is 0 Å². The van der Waals surface area contributed by atoms with Gasteiger partial charge in [0.05, 0.1) is 18.0 Å². The minimum absolute atomic E-state index is 0.965. The first-order valence-electron chi connectivity index (χ1n) is 7.07. The van der Waals surface area contributed by atoms with Crippen molar-refractivity contribution in [2.75, 3.05) is 5.73 Å². The van der Waals surface area contributed by atoms with E-state index in [4.69, 9.17) is 5.73 Å². The molecule has 0 bridgehead atoms. The summed E-state index contributed by atoms with van der Waals surface area (Å²) < 4.78 is 2.04. The Balaban J connectivity index is 1.97. The van der Waals surface area contributed by atoms with Crippen molar-refractivity contribution < 1.29 is 0 Å². The summed E-state index contributed by atoms with van der Waals surface area (Å²) in [5.74, 6) is 0. The number of aromatic nitrogens is 2. The number of imidazole rings is 1. The number of pyridine rings is 1. The van der Waals surface area contributed by atoms with Gasteiger partial charge in [0.2, 0.25) is 0 Å². The number of hydrogen-bond acceptors (Lipinski definition) is 2. The van der Waals surface area contributed by atoms with Crippen molar-refractivity contribution in [2.24, 2.45) is 0 Å². The van der Waals surface area contributed by atoms with E-state index in [0.717, 1.165) is 23.2 Å². The monoisotopic (exact) mass is 263 g/mol. The summed E-state index contributed by atoms with van der Waals surface area (Å²) in [6, 6.07) is 6.56. The van der Waals surface area contributed by atoms with E-state index in [1.165, 1.54) is 35.1 Å². The minimum atomic E-state index is 0.965. The number of nitrogen functional groups attached to an aromatic ring is 1. The Labute approximate surface area is 118 Å². The van der Waals surface area contributed by atoms with Crippen molar-refractivity contribution in [3.63, 3.8) is 0 Å². The Morgan fingerprint density at radius 1 is 1.15 bits per heavy atom. The maximum atomic E-state index is 6.43. The van der Waals surface area contributed by atoms with Gasteiger partial charge < -0.3 is 10.1 Å². The second kappa shape index (κ2) is 4.10. The maximum Gasteiger partial charge on any atom is 0.0992 e. The molecule has 0 fully saturated rings. The third kappa shape index (κ3) is 1.49. The highest BCUT2D eigenvalue weighted by molar-refractivity contribution is 5.84. The fraction of sp³-hybridized carbons (Fsp3) is 0.235. The van der Waals surface area contributed by atoms with Crippen molar-refractivity contribution in [1.82, 2.24) is 9.38 Å². The first kappa shape index (κ1) is 11.5. The predicted molar refractivity (Wildman–Crippen MR) is 81.8 cm³/mol. The van der Waals surface area contributed by atoms with Crippen LogP contribution in [0.15, 0.2) is 36.9 Å². The van der Waals surface area contributed by atoms with Crippen LogP contribution in [-0.4, -0.2) is 9.38 Å². The predicted octanol–water partition coefficient (Wildman–Crippen LogP) is 3.38. The van der Waals surface area contributed by atoms with E-state index in [9.17, 15) is 0 Å². The van der Waals surface area contributed by atoms with Gasteiger partial charge in [-0.05, 0) is 54.5 Å². The maximum absolute atomic E-state index is 6.43. The van der Waals surface area contributed by atoms with Crippen molar-refractivity contribution in [3.8, 4) is 11.1 Å². The molecule has 2 aromatic heterocycles. The lowest BCUT2D eigenvalue weighted by atomic mass is 9.95. The Bertz CT molecular complexity index is 814. The second-order valence-corrected chi connectivity index (χ2v) is 5.56. The standard InChI is InChI=1S/C17H17N3/c1-11-13(7-8-20-10-19-9-16(11)20)15-6-5-12-3-2-4-14(12)17(15)18/h5-10H,2-4,18H2,1H3. The van der Waals surface area contributed by atoms with Crippen LogP contribution < -0.4 is 5.73 Å². The third-order valence-corrected chi connectivity index (χ3v) is 4.47. The van der Waals surface area contributed by atoms with Gasteiger partial charge in [-0.1, -0.05) is 12.1 Å². The Morgan fingerprint density at radius 2 is 2.05 bits per heavy atom. The van der Waals surface area contributed by atoms with Crippen molar-refractivity contribution >= 4 is 11.2 Å². The molecule has 0 spiro atoms. The summed E-state index contributed by atoms with van der Waals surface area (Å²) in [4.78, 5) is 4.21. The average molecular weight is 263 g/mol. The number of hydrogen-bond donors (Lipinski definition) is 1. The molecule has 2 N–H and O–H groups in total. The quantitative estimate of drug-likeness (QED) is 0.684. The zero-order chi connectivity index (χ0) is 13.7. The van der Waals surface area contributed by atoms with E-state index in [1.54, 1.807) is 0 Å². The summed E-state index contributed by atoms with van der Waals surface area (Å²) in [5.41, 5.74) is 14.9. The molecule has 1 aromatic carbocycles. The van der Waals surface area contributed by atoms with Crippen LogP contribution in [0.1, 0.15) is 23.1 Å². The zero-order valence-corrected chi connectivity index (χ0v) is 11.6. The summed E-state index contributed by atoms with van der Waals surface area (Å²) in [5, 5.41) is 0. The lowest BCUT2D eigenvalue weighted by Gasteiger charge is -2.14. The molecule has 3 heteroatoms. The molecule has 3 nitrogen and oxygen atoms in total. The fourth-order valence-corrected chi connectivity index (χ4v) is 3.35. The number of fused-ring (bicyclic) bond motifs is 2. The van der Waals surface area contributed by atoms with Gasteiger partial charge in [-0.15, -0.1) is 0 Å². The van der Waals surface area contributed by atoms with Crippen LogP contribution in [0.3, 0.4) is 0 Å². The van der Waals surface area contributed by atoms with Gasteiger partial charge in [-0.3, -0.25) is 0 Å². The molecule has 3 aromatic rings. The van der Waals surface area contributed by atoms with Crippen LogP contribution in [0.5, 0.6) is 0 Å². The lowest BCUT2D eigenvalue weighted by molar-refractivity contribution is 0.912. The Hall–Kier alpha value is -2.29. The molecule has 1 aliphatic carbocycles.